The van der Waals surface area contributed by atoms with Crippen LogP contribution in [0.3, 0.4) is 0 Å². The van der Waals surface area contributed by atoms with E-state index in [2.05, 4.69) is 47.9 Å². The molecule has 0 aliphatic carbocycles. The molecule has 0 radical (unpaired) electrons. The van der Waals surface area contributed by atoms with Crippen molar-refractivity contribution in [3.8, 4) is 0 Å². The van der Waals surface area contributed by atoms with E-state index in [1.54, 1.807) is 42.5 Å². The van der Waals surface area contributed by atoms with Crippen molar-refractivity contribution in [1.29, 1.82) is 0 Å². The number of aromatic nitrogens is 1. The molecular weight excluding hydrogens is 480 g/mol. The van der Waals surface area contributed by atoms with Gasteiger partial charge in [0.05, 0.1) is 5.52 Å². The SMILES string of the molecule is CNC(=O)C(=O)Nn1c(C(=O)Nc2ccc(Br)cc2)cc2cc(Br)ccc21. The molecule has 9 heteroatoms. The third-order valence-corrected chi connectivity index (χ3v) is 4.77. The van der Waals surface area contributed by atoms with Crippen LogP contribution in [0.15, 0.2) is 57.5 Å². The van der Waals surface area contributed by atoms with Gasteiger partial charge in [-0.25, -0.2) is 4.68 Å². The molecular formula is C18H14Br2N4O3. The highest BCUT2D eigenvalue weighted by Gasteiger charge is 2.20. The minimum Gasteiger partial charge on any atom is -0.351 e. The van der Waals surface area contributed by atoms with E-state index in [9.17, 15) is 14.4 Å². The summed E-state index contributed by atoms with van der Waals surface area (Å²) < 4.78 is 3.01. The van der Waals surface area contributed by atoms with Crippen LogP contribution in [0.5, 0.6) is 0 Å². The number of nitrogens with one attached hydrogen (secondary N) is 3. The molecule has 2 aromatic carbocycles. The Kier molecular flexibility index (Phi) is 5.62. The van der Waals surface area contributed by atoms with Crippen LogP contribution in [-0.4, -0.2) is 29.4 Å². The summed E-state index contributed by atoms with van der Waals surface area (Å²) in [5.41, 5.74) is 3.82. The van der Waals surface area contributed by atoms with E-state index in [0.717, 1.165) is 14.3 Å². The average Bonchev–Trinajstić information content (AvgIpc) is 3.00. The molecule has 3 N–H and O–H groups in total. The second-order valence-electron chi connectivity index (χ2n) is 5.55. The Bertz CT molecular complexity index is 1040. The van der Waals surface area contributed by atoms with Gasteiger partial charge in [0, 0.05) is 27.1 Å². The number of anilines is 1. The van der Waals surface area contributed by atoms with Crippen molar-refractivity contribution in [2.45, 2.75) is 0 Å². The van der Waals surface area contributed by atoms with Crippen LogP contribution in [0.2, 0.25) is 0 Å². The number of fused-ring (bicyclic) bond motifs is 1. The molecule has 3 rings (SSSR count). The molecule has 0 bridgehead atoms. The van der Waals surface area contributed by atoms with E-state index >= 15 is 0 Å². The lowest BCUT2D eigenvalue weighted by Crippen LogP contribution is -2.38. The fraction of sp³-hybridized carbons (Fsp3) is 0.0556. The Morgan fingerprint density at radius 1 is 0.889 bits per heavy atom. The van der Waals surface area contributed by atoms with Gasteiger partial charge in [0.1, 0.15) is 5.69 Å². The highest BCUT2D eigenvalue weighted by atomic mass is 79.9. The Balaban J connectivity index is 2.00. The monoisotopic (exact) mass is 492 g/mol. The molecule has 0 spiro atoms. The first kappa shape index (κ1) is 19.1. The molecule has 1 aromatic heterocycles. The Morgan fingerprint density at radius 3 is 2.22 bits per heavy atom. The lowest BCUT2D eigenvalue weighted by molar-refractivity contribution is -0.136. The Labute approximate surface area is 171 Å². The summed E-state index contributed by atoms with van der Waals surface area (Å²) in [6.45, 7) is 0. The topological polar surface area (TPSA) is 92.2 Å². The molecule has 0 fully saturated rings. The molecule has 0 unspecified atom stereocenters. The predicted octanol–water partition coefficient (Wildman–Crippen LogP) is 3.23. The first-order chi connectivity index (χ1) is 12.9. The minimum absolute atomic E-state index is 0.184. The van der Waals surface area contributed by atoms with Crippen LogP contribution >= 0.6 is 31.9 Å². The number of halogens is 2. The van der Waals surface area contributed by atoms with Crippen molar-refractivity contribution in [3.63, 3.8) is 0 Å². The zero-order valence-corrected chi connectivity index (χ0v) is 17.2. The van der Waals surface area contributed by atoms with Crippen LogP contribution in [0.25, 0.3) is 10.9 Å². The summed E-state index contributed by atoms with van der Waals surface area (Å²) in [5, 5.41) is 5.75. The van der Waals surface area contributed by atoms with Gasteiger partial charge >= 0.3 is 11.8 Å². The highest BCUT2D eigenvalue weighted by molar-refractivity contribution is 9.10. The average molecular weight is 494 g/mol. The van der Waals surface area contributed by atoms with Crippen LogP contribution in [0.4, 0.5) is 5.69 Å². The van der Waals surface area contributed by atoms with Crippen LogP contribution in [0, 0.1) is 0 Å². The zero-order chi connectivity index (χ0) is 19.6. The van der Waals surface area contributed by atoms with E-state index < -0.39 is 17.7 Å². The highest BCUT2D eigenvalue weighted by Crippen LogP contribution is 2.24. The van der Waals surface area contributed by atoms with Crippen molar-refractivity contribution >= 4 is 66.2 Å². The van der Waals surface area contributed by atoms with Gasteiger partial charge in [0.25, 0.3) is 5.91 Å². The van der Waals surface area contributed by atoms with Gasteiger partial charge in [-0.05, 0) is 48.5 Å². The van der Waals surface area contributed by atoms with Crippen molar-refractivity contribution in [3.05, 3.63) is 63.2 Å². The summed E-state index contributed by atoms with van der Waals surface area (Å²) in [6, 6.07) is 14.1. The summed E-state index contributed by atoms with van der Waals surface area (Å²) in [6.07, 6.45) is 0. The Hall–Kier alpha value is -2.65. The van der Waals surface area contributed by atoms with Gasteiger partial charge in [0.15, 0.2) is 0 Å². The number of benzene rings is 2. The number of amides is 3. The molecule has 0 saturated heterocycles. The molecule has 7 nitrogen and oxygen atoms in total. The van der Waals surface area contributed by atoms with Gasteiger partial charge in [-0.15, -0.1) is 0 Å². The molecule has 3 aromatic rings. The van der Waals surface area contributed by atoms with Gasteiger partial charge < -0.3 is 10.6 Å². The quantitative estimate of drug-likeness (QED) is 0.489. The maximum atomic E-state index is 12.8. The number of hydrogen-bond acceptors (Lipinski definition) is 3. The molecule has 0 atom stereocenters. The number of nitrogens with zero attached hydrogens (tertiary/aromatic N) is 1. The fourth-order valence-electron chi connectivity index (χ4n) is 2.47. The van der Waals surface area contributed by atoms with Gasteiger partial charge in [-0.3, -0.25) is 19.8 Å². The van der Waals surface area contributed by atoms with Crippen molar-refractivity contribution in [1.82, 2.24) is 9.99 Å². The van der Waals surface area contributed by atoms with Crippen molar-refractivity contribution in [2.24, 2.45) is 0 Å². The molecule has 3 amide bonds. The maximum absolute atomic E-state index is 12.8. The molecule has 138 valence electrons. The first-order valence-corrected chi connectivity index (χ1v) is 9.38. The number of carbonyl (C=O) groups is 3. The lowest BCUT2D eigenvalue weighted by atomic mass is 10.2. The standard InChI is InChI=1S/C18H14Br2N4O3/c1-21-17(26)18(27)23-24-14-7-4-12(20)8-10(14)9-15(24)16(25)22-13-5-2-11(19)3-6-13/h2-9H,1H3,(H,21,26)(H,22,25)(H,23,27). The largest absolute Gasteiger partial charge is 0.351 e. The second-order valence-corrected chi connectivity index (χ2v) is 7.38. The van der Waals surface area contributed by atoms with E-state index in [4.69, 9.17) is 0 Å². The number of carbonyl (C=O) groups excluding carboxylic acids is 3. The van der Waals surface area contributed by atoms with E-state index in [-0.39, 0.29) is 5.69 Å². The predicted molar refractivity (Wildman–Crippen MR) is 110 cm³/mol. The van der Waals surface area contributed by atoms with E-state index in [1.807, 2.05) is 6.07 Å². The summed E-state index contributed by atoms with van der Waals surface area (Å²) in [5.74, 6) is -2.12. The van der Waals surface area contributed by atoms with E-state index in [1.165, 1.54) is 11.7 Å². The fourth-order valence-corrected chi connectivity index (χ4v) is 3.11. The third kappa shape index (κ3) is 4.20. The van der Waals surface area contributed by atoms with Crippen molar-refractivity contribution in [2.75, 3.05) is 17.8 Å². The molecule has 1 heterocycles. The zero-order valence-electron chi connectivity index (χ0n) is 14.0. The summed E-state index contributed by atoms with van der Waals surface area (Å²) in [7, 11) is 1.36. The molecule has 0 saturated carbocycles. The Morgan fingerprint density at radius 2 is 1.56 bits per heavy atom. The lowest BCUT2D eigenvalue weighted by Gasteiger charge is -2.12. The first-order valence-electron chi connectivity index (χ1n) is 7.80. The summed E-state index contributed by atoms with van der Waals surface area (Å²) in [4.78, 5) is 36.4. The van der Waals surface area contributed by atoms with Crippen LogP contribution in [-0.2, 0) is 9.59 Å². The molecule has 0 aliphatic heterocycles. The van der Waals surface area contributed by atoms with E-state index in [0.29, 0.717) is 11.2 Å². The number of rotatable bonds is 3. The normalized spacial score (nSPS) is 10.5. The smallest absolute Gasteiger partial charge is 0.328 e. The number of likely N-dealkylation sites (N-methyl/N-ethyl adjacent to an activating group) is 1. The van der Waals surface area contributed by atoms with Gasteiger partial charge in [-0.1, -0.05) is 31.9 Å². The van der Waals surface area contributed by atoms with Crippen molar-refractivity contribution < 1.29 is 14.4 Å². The van der Waals surface area contributed by atoms with Crippen LogP contribution in [0.1, 0.15) is 10.5 Å². The third-order valence-electron chi connectivity index (χ3n) is 3.74. The van der Waals surface area contributed by atoms with Crippen LogP contribution < -0.4 is 16.1 Å². The summed E-state index contributed by atoms with van der Waals surface area (Å²) >= 11 is 6.72. The second kappa shape index (κ2) is 7.93. The maximum Gasteiger partial charge on any atom is 0.328 e. The van der Waals surface area contributed by atoms with Gasteiger partial charge in [0.2, 0.25) is 0 Å². The van der Waals surface area contributed by atoms with Gasteiger partial charge in [-0.2, -0.15) is 0 Å². The molecule has 27 heavy (non-hydrogen) atoms. The molecule has 0 aliphatic rings. The minimum atomic E-state index is -0.879. The number of hydrogen-bond donors (Lipinski definition) is 3.